The number of aliphatic carboxylic acids is 1. The fourth-order valence-electron chi connectivity index (χ4n) is 2.27. The van der Waals surface area contributed by atoms with Crippen LogP contribution in [0.25, 0.3) is 0 Å². The lowest BCUT2D eigenvalue weighted by molar-refractivity contribution is -0.147. The summed E-state index contributed by atoms with van der Waals surface area (Å²) in [6, 6.07) is 0.596. The molecule has 1 fully saturated rings. The molecule has 2 atom stereocenters. The van der Waals surface area contributed by atoms with E-state index >= 15 is 0 Å². The van der Waals surface area contributed by atoms with Crippen molar-refractivity contribution in [2.45, 2.75) is 53.0 Å². The molecular formula is C13H25NO2. The van der Waals surface area contributed by atoms with Crippen molar-refractivity contribution >= 4 is 5.97 Å². The zero-order valence-electron chi connectivity index (χ0n) is 11.0. The van der Waals surface area contributed by atoms with Gasteiger partial charge in [-0.1, -0.05) is 6.92 Å². The molecule has 1 heterocycles. The molecule has 0 spiro atoms. The maximum atomic E-state index is 11.0. The largest absolute Gasteiger partial charge is 0.481 e. The quantitative estimate of drug-likeness (QED) is 0.802. The highest BCUT2D eigenvalue weighted by Gasteiger charge is 2.30. The second-order valence-corrected chi connectivity index (χ2v) is 5.84. The Morgan fingerprint density at radius 3 is 2.62 bits per heavy atom. The first kappa shape index (κ1) is 13.5. The fraction of sp³-hybridized carbons (Fsp3) is 0.923. The van der Waals surface area contributed by atoms with Crippen LogP contribution in [0.4, 0.5) is 0 Å². The molecule has 1 rings (SSSR count). The Hall–Kier alpha value is -0.570. The molecule has 16 heavy (non-hydrogen) atoms. The molecular weight excluding hydrogens is 202 g/mol. The van der Waals surface area contributed by atoms with Gasteiger partial charge in [0.2, 0.25) is 0 Å². The average molecular weight is 227 g/mol. The Bertz CT molecular complexity index is 250. The van der Waals surface area contributed by atoms with E-state index < -0.39 is 11.4 Å². The van der Waals surface area contributed by atoms with Crippen LogP contribution in [0, 0.1) is 11.3 Å². The Balaban J connectivity index is 2.45. The van der Waals surface area contributed by atoms with Gasteiger partial charge in [-0.05, 0) is 59.0 Å². The van der Waals surface area contributed by atoms with Gasteiger partial charge in [-0.15, -0.1) is 0 Å². The summed E-state index contributed by atoms with van der Waals surface area (Å²) in [7, 11) is 0. The van der Waals surface area contributed by atoms with Gasteiger partial charge in [0.05, 0.1) is 5.41 Å². The molecule has 0 amide bonds. The number of carbonyl (C=O) groups is 1. The number of nitrogens with zero attached hydrogens (tertiary/aromatic N) is 1. The number of likely N-dealkylation sites (tertiary alicyclic amines) is 1. The van der Waals surface area contributed by atoms with E-state index in [0.29, 0.717) is 6.04 Å². The van der Waals surface area contributed by atoms with Crippen LogP contribution >= 0.6 is 0 Å². The van der Waals surface area contributed by atoms with Crippen molar-refractivity contribution < 1.29 is 9.90 Å². The van der Waals surface area contributed by atoms with E-state index in [0.717, 1.165) is 25.4 Å². The summed E-state index contributed by atoms with van der Waals surface area (Å²) in [5.41, 5.74) is -0.597. The third-order valence-electron chi connectivity index (χ3n) is 4.11. The highest BCUT2D eigenvalue weighted by molar-refractivity contribution is 5.73. The number of hydrogen-bond donors (Lipinski definition) is 1. The van der Waals surface area contributed by atoms with Crippen LogP contribution in [-0.4, -0.2) is 35.1 Å². The molecule has 0 bridgehead atoms. The van der Waals surface area contributed by atoms with Gasteiger partial charge >= 0.3 is 5.97 Å². The molecule has 0 aliphatic carbocycles. The number of carboxylic acid groups (broad SMARTS) is 1. The van der Waals surface area contributed by atoms with Crippen molar-refractivity contribution in [1.82, 2.24) is 4.90 Å². The van der Waals surface area contributed by atoms with Gasteiger partial charge in [-0.2, -0.15) is 0 Å². The van der Waals surface area contributed by atoms with Crippen LogP contribution in [0.5, 0.6) is 0 Å². The molecule has 0 saturated carbocycles. The predicted octanol–water partition coefficient (Wildman–Crippen LogP) is 2.61. The van der Waals surface area contributed by atoms with Crippen LogP contribution < -0.4 is 0 Å². The van der Waals surface area contributed by atoms with Crippen molar-refractivity contribution in [3.63, 3.8) is 0 Å². The maximum Gasteiger partial charge on any atom is 0.309 e. The zero-order valence-corrected chi connectivity index (χ0v) is 11.0. The summed E-state index contributed by atoms with van der Waals surface area (Å²) < 4.78 is 0. The molecule has 2 unspecified atom stereocenters. The van der Waals surface area contributed by atoms with E-state index in [1.54, 1.807) is 0 Å². The Labute approximate surface area is 98.8 Å². The number of carboxylic acids is 1. The van der Waals surface area contributed by atoms with Gasteiger partial charge in [0, 0.05) is 6.04 Å². The van der Waals surface area contributed by atoms with Crippen LogP contribution in [0.2, 0.25) is 0 Å². The standard InChI is InChI=1S/C13H25NO2/c1-10-6-5-8-14(11(10)2)9-7-13(3,4)12(15)16/h10-11H,5-9H2,1-4H3,(H,15,16). The Morgan fingerprint density at radius 2 is 2.06 bits per heavy atom. The highest BCUT2D eigenvalue weighted by Crippen LogP contribution is 2.26. The molecule has 0 aromatic heterocycles. The molecule has 1 aliphatic rings. The fourth-order valence-corrected chi connectivity index (χ4v) is 2.27. The topological polar surface area (TPSA) is 40.5 Å². The minimum atomic E-state index is -0.690. The van der Waals surface area contributed by atoms with E-state index in [2.05, 4.69) is 18.7 Å². The van der Waals surface area contributed by atoms with E-state index in [1.165, 1.54) is 12.8 Å². The highest BCUT2D eigenvalue weighted by atomic mass is 16.4. The molecule has 1 saturated heterocycles. The first-order chi connectivity index (χ1) is 7.34. The van der Waals surface area contributed by atoms with Crippen molar-refractivity contribution in [2.24, 2.45) is 11.3 Å². The second-order valence-electron chi connectivity index (χ2n) is 5.84. The average Bonchev–Trinajstić information content (AvgIpc) is 2.20. The monoisotopic (exact) mass is 227 g/mol. The number of piperidine rings is 1. The van der Waals surface area contributed by atoms with Gasteiger partial charge in [-0.25, -0.2) is 0 Å². The molecule has 3 heteroatoms. The normalized spacial score (nSPS) is 28.0. The summed E-state index contributed by atoms with van der Waals surface area (Å²) >= 11 is 0. The van der Waals surface area contributed by atoms with E-state index in [4.69, 9.17) is 5.11 Å². The van der Waals surface area contributed by atoms with Crippen molar-refractivity contribution in [1.29, 1.82) is 0 Å². The number of hydrogen-bond acceptors (Lipinski definition) is 2. The molecule has 0 aromatic rings. The van der Waals surface area contributed by atoms with Gasteiger partial charge in [0.25, 0.3) is 0 Å². The van der Waals surface area contributed by atoms with Gasteiger partial charge in [0.15, 0.2) is 0 Å². The minimum absolute atomic E-state index is 0.596. The zero-order chi connectivity index (χ0) is 12.3. The Morgan fingerprint density at radius 1 is 1.44 bits per heavy atom. The van der Waals surface area contributed by atoms with Crippen molar-refractivity contribution in [3.8, 4) is 0 Å². The minimum Gasteiger partial charge on any atom is -0.481 e. The van der Waals surface area contributed by atoms with Crippen LogP contribution in [0.1, 0.15) is 47.0 Å². The first-order valence-corrected chi connectivity index (χ1v) is 6.32. The van der Waals surface area contributed by atoms with Crippen molar-refractivity contribution in [3.05, 3.63) is 0 Å². The van der Waals surface area contributed by atoms with E-state index in [1.807, 2.05) is 13.8 Å². The lowest BCUT2D eigenvalue weighted by Crippen LogP contribution is -2.44. The summed E-state index contributed by atoms with van der Waals surface area (Å²) in [6.45, 7) is 10.2. The SMILES string of the molecule is CC1CCCN(CCC(C)(C)C(=O)O)C1C. The molecule has 94 valence electrons. The van der Waals surface area contributed by atoms with E-state index in [9.17, 15) is 4.79 Å². The van der Waals surface area contributed by atoms with E-state index in [-0.39, 0.29) is 0 Å². The summed E-state index contributed by atoms with van der Waals surface area (Å²) in [5.74, 6) is 0.0481. The third kappa shape index (κ3) is 3.21. The van der Waals surface area contributed by atoms with Gasteiger partial charge < -0.3 is 10.0 Å². The number of rotatable bonds is 4. The Kier molecular flexibility index (Phi) is 4.36. The van der Waals surface area contributed by atoms with Crippen LogP contribution in [-0.2, 0) is 4.79 Å². The molecule has 0 radical (unpaired) electrons. The van der Waals surface area contributed by atoms with Crippen LogP contribution in [0.3, 0.4) is 0 Å². The van der Waals surface area contributed by atoms with Crippen LogP contribution in [0.15, 0.2) is 0 Å². The van der Waals surface area contributed by atoms with Gasteiger partial charge in [0.1, 0.15) is 0 Å². The predicted molar refractivity (Wildman–Crippen MR) is 65.5 cm³/mol. The summed E-state index contributed by atoms with van der Waals surface area (Å²) in [6.07, 6.45) is 3.29. The second kappa shape index (κ2) is 5.17. The first-order valence-electron chi connectivity index (χ1n) is 6.32. The lowest BCUT2D eigenvalue weighted by Gasteiger charge is -2.39. The van der Waals surface area contributed by atoms with Gasteiger partial charge in [-0.3, -0.25) is 4.79 Å². The van der Waals surface area contributed by atoms with Crippen molar-refractivity contribution in [2.75, 3.05) is 13.1 Å². The maximum absolute atomic E-state index is 11.0. The molecule has 3 nitrogen and oxygen atoms in total. The summed E-state index contributed by atoms with van der Waals surface area (Å²) in [5, 5.41) is 9.07. The molecule has 0 aromatic carbocycles. The lowest BCUT2D eigenvalue weighted by atomic mass is 9.87. The molecule has 1 aliphatic heterocycles. The molecule has 1 N–H and O–H groups in total. The summed E-state index contributed by atoms with van der Waals surface area (Å²) in [4.78, 5) is 13.5. The third-order valence-corrected chi connectivity index (χ3v) is 4.11. The smallest absolute Gasteiger partial charge is 0.309 e.